The predicted octanol–water partition coefficient (Wildman–Crippen LogP) is 3.60. The molecule has 7 heteroatoms. The van der Waals surface area contributed by atoms with Gasteiger partial charge in [0.05, 0.1) is 24.6 Å². The molecule has 3 rings (SSSR count). The second-order valence-corrected chi connectivity index (χ2v) is 7.37. The van der Waals surface area contributed by atoms with Crippen LogP contribution in [0.1, 0.15) is 11.1 Å². The molecule has 6 nitrogen and oxygen atoms in total. The molecule has 25 heavy (non-hydrogen) atoms. The number of anilines is 1. The zero-order valence-corrected chi connectivity index (χ0v) is 14.7. The first-order valence-corrected chi connectivity index (χ1v) is 9.27. The minimum absolute atomic E-state index is 0.0947. The fourth-order valence-electron chi connectivity index (χ4n) is 2.37. The molecule has 0 radical (unpaired) electrons. The van der Waals surface area contributed by atoms with Crippen LogP contribution >= 0.6 is 0 Å². The molecular formula is C18H18N2O4S. The Hall–Kier alpha value is -2.80. The largest absolute Gasteiger partial charge is 0.497 e. The smallest absolute Gasteiger partial charge is 0.245 e. The Kier molecular flexibility index (Phi) is 4.76. The fourth-order valence-corrected chi connectivity index (χ4v) is 3.50. The third-order valence-electron chi connectivity index (χ3n) is 3.70. The van der Waals surface area contributed by atoms with E-state index in [1.165, 1.54) is 6.20 Å². The van der Waals surface area contributed by atoms with Crippen molar-refractivity contribution in [1.29, 1.82) is 0 Å². The number of sulfonamides is 1. The highest BCUT2D eigenvalue weighted by atomic mass is 32.2. The van der Waals surface area contributed by atoms with Crippen LogP contribution in [-0.4, -0.2) is 20.7 Å². The van der Waals surface area contributed by atoms with Crippen LogP contribution in [-0.2, 0) is 15.8 Å². The lowest BCUT2D eigenvalue weighted by Crippen LogP contribution is -2.15. The molecule has 3 aromatic rings. The number of nitrogens with one attached hydrogen (secondary N) is 1. The van der Waals surface area contributed by atoms with E-state index in [-0.39, 0.29) is 11.6 Å². The highest BCUT2D eigenvalue weighted by molar-refractivity contribution is 7.91. The molecule has 2 aromatic carbocycles. The van der Waals surface area contributed by atoms with Gasteiger partial charge >= 0.3 is 0 Å². The van der Waals surface area contributed by atoms with Gasteiger partial charge in [-0.3, -0.25) is 4.72 Å². The van der Waals surface area contributed by atoms with Gasteiger partial charge in [0.2, 0.25) is 15.9 Å². The zero-order valence-electron chi connectivity index (χ0n) is 13.9. The number of ether oxygens (including phenoxy) is 1. The van der Waals surface area contributed by atoms with Crippen molar-refractivity contribution in [2.24, 2.45) is 0 Å². The van der Waals surface area contributed by atoms with Crippen LogP contribution in [0.3, 0.4) is 0 Å². The Bertz CT molecular complexity index is 946. The molecule has 0 amide bonds. The summed E-state index contributed by atoms with van der Waals surface area (Å²) < 4.78 is 37.5. The van der Waals surface area contributed by atoms with Crippen LogP contribution in [0.2, 0.25) is 0 Å². The molecule has 130 valence electrons. The average molecular weight is 358 g/mol. The lowest BCUT2D eigenvalue weighted by atomic mass is 10.1. The summed E-state index contributed by atoms with van der Waals surface area (Å²) in [5, 5.41) is 3.71. The third kappa shape index (κ3) is 4.19. The van der Waals surface area contributed by atoms with Crippen LogP contribution in [0.4, 0.5) is 5.88 Å². The summed E-state index contributed by atoms with van der Waals surface area (Å²) in [6, 6.07) is 14.5. The third-order valence-corrected chi connectivity index (χ3v) is 4.91. The van der Waals surface area contributed by atoms with Crippen LogP contribution in [0.25, 0.3) is 11.1 Å². The van der Waals surface area contributed by atoms with Crippen molar-refractivity contribution in [1.82, 2.24) is 5.16 Å². The van der Waals surface area contributed by atoms with Gasteiger partial charge in [-0.15, -0.1) is 0 Å². The fraction of sp³-hybridized carbons (Fsp3) is 0.167. The van der Waals surface area contributed by atoms with Crippen molar-refractivity contribution >= 4 is 15.9 Å². The quantitative estimate of drug-likeness (QED) is 0.728. The maximum Gasteiger partial charge on any atom is 0.245 e. The first kappa shape index (κ1) is 17.0. The van der Waals surface area contributed by atoms with Crippen LogP contribution in [0.15, 0.2) is 59.3 Å². The highest BCUT2D eigenvalue weighted by Gasteiger charge is 2.18. The van der Waals surface area contributed by atoms with Gasteiger partial charge in [0.15, 0.2) is 0 Å². The molecule has 1 aromatic heterocycles. The Morgan fingerprint density at radius 3 is 2.40 bits per heavy atom. The van der Waals surface area contributed by atoms with E-state index in [9.17, 15) is 8.42 Å². The normalized spacial score (nSPS) is 11.3. The van der Waals surface area contributed by atoms with Crippen LogP contribution in [0.5, 0.6) is 5.75 Å². The maximum absolute atomic E-state index is 12.4. The van der Waals surface area contributed by atoms with E-state index < -0.39 is 10.0 Å². The topological polar surface area (TPSA) is 81.4 Å². The molecule has 0 saturated carbocycles. The second kappa shape index (κ2) is 6.98. The summed E-state index contributed by atoms with van der Waals surface area (Å²) in [7, 11) is -2.04. The number of hydrogen-bond acceptors (Lipinski definition) is 5. The van der Waals surface area contributed by atoms with E-state index in [4.69, 9.17) is 9.26 Å². The highest BCUT2D eigenvalue weighted by Crippen LogP contribution is 2.30. The maximum atomic E-state index is 12.4. The van der Waals surface area contributed by atoms with Gasteiger partial charge in [-0.25, -0.2) is 8.42 Å². The van der Waals surface area contributed by atoms with Gasteiger partial charge in [0.1, 0.15) is 5.75 Å². The minimum Gasteiger partial charge on any atom is -0.497 e. The Balaban J connectivity index is 1.80. The van der Waals surface area contributed by atoms with E-state index in [0.717, 1.165) is 11.1 Å². The number of hydrogen-bond donors (Lipinski definition) is 1. The average Bonchev–Trinajstić information content (AvgIpc) is 3.04. The van der Waals surface area contributed by atoms with Crippen molar-refractivity contribution in [2.45, 2.75) is 12.7 Å². The SMILES string of the molecule is COc1ccc(-c2cnoc2NS(=O)(=O)Cc2ccc(C)cc2)cc1. The van der Waals surface area contributed by atoms with Gasteiger partial charge in [-0.2, -0.15) is 0 Å². The summed E-state index contributed by atoms with van der Waals surface area (Å²) in [5.74, 6) is 0.662. The van der Waals surface area contributed by atoms with E-state index in [0.29, 0.717) is 16.9 Å². The Morgan fingerprint density at radius 1 is 1.08 bits per heavy atom. The van der Waals surface area contributed by atoms with Crippen LogP contribution < -0.4 is 9.46 Å². The summed E-state index contributed by atoms with van der Waals surface area (Å²) >= 11 is 0. The molecule has 0 aliphatic rings. The lowest BCUT2D eigenvalue weighted by Gasteiger charge is -2.08. The summed E-state index contributed by atoms with van der Waals surface area (Å²) in [6.45, 7) is 1.95. The van der Waals surface area contributed by atoms with Crippen molar-refractivity contribution < 1.29 is 17.7 Å². The van der Waals surface area contributed by atoms with Crippen LogP contribution in [0, 0.1) is 6.92 Å². The molecule has 0 spiro atoms. The Labute approximate surface area is 146 Å². The zero-order chi connectivity index (χ0) is 17.9. The number of nitrogens with zero attached hydrogens (tertiary/aromatic N) is 1. The molecule has 0 aliphatic heterocycles. The summed E-state index contributed by atoms with van der Waals surface area (Å²) in [6.07, 6.45) is 1.48. The van der Waals surface area contributed by atoms with Gasteiger partial charge in [0, 0.05) is 0 Å². The molecule has 0 saturated heterocycles. The first-order valence-electron chi connectivity index (χ1n) is 7.62. The monoisotopic (exact) mass is 358 g/mol. The number of benzene rings is 2. The van der Waals surface area contributed by atoms with Crippen molar-refractivity contribution in [3.8, 4) is 16.9 Å². The minimum atomic E-state index is -3.62. The lowest BCUT2D eigenvalue weighted by molar-refractivity contribution is 0.415. The van der Waals surface area contributed by atoms with E-state index >= 15 is 0 Å². The van der Waals surface area contributed by atoms with E-state index in [2.05, 4.69) is 9.88 Å². The molecule has 0 atom stereocenters. The summed E-state index contributed by atoms with van der Waals surface area (Å²) in [5.41, 5.74) is 3.11. The molecule has 0 bridgehead atoms. The van der Waals surface area contributed by atoms with Gasteiger partial charge in [-0.05, 0) is 30.2 Å². The number of methoxy groups -OCH3 is 1. The second-order valence-electron chi connectivity index (χ2n) is 5.64. The molecular weight excluding hydrogens is 340 g/mol. The van der Waals surface area contributed by atoms with Crippen molar-refractivity contribution in [2.75, 3.05) is 11.8 Å². The van der Waals surface area contributed by atoms with Gasteiger partial charge in [-0.1, -0.05) is 47.1 Å². The van der Waals surface area contributed by atoms with Crippen molar-refractivity contribution in [3.05, 3.63) is 65.9 Å². The molecule has 0 aliphatic carbocycles. The van der Waals surface area contributed by atoms with E-state index in [1.807, 2.05) is 31.2 Å². The molecule has 0 fully saturated rings. The number of aromatic nitrogens is 1. The first-order chi connectivity index (χ1) is 12.0. The molecule has 1 heterocycles. The van der Waals surface area contributed by atoms with E-state index in [1.54, 1.807) is 31.4 Å². The number of rotatable bonds is 6. The Morgan fingerprint density at radius 2 is 1.76 bits per heavy atom. The predicted molar refractivity (Wildman–Crippen MR) is 95.9 cm³/mol. The van der Waals surface area contributed by atoms with Gasteiger partial charge in [0.25, 0.3) is 0 Å². The standard InChI is InChI=1S/C18H18N2O4S/c1-13-3-5-14(6-4-13)12-25(21,22)20-18-17(11-19-24-18)15-7-9-16(23-2)10-8-15/h3-11,20H,12H2,1-2H3. The van der Waals surface area contributed by atoms with Crippen molar-refractivity contribution in [3.63, 3.8) is 0 Å². The molecule has 1 N–H and O–H groups in total. The molecule has 0 unspecified atom stereocenters. The summed E-state index contributed by atoms with van der Waals surface area (Å²) in [4.78, 5) is 0. The number of aryl methyl sites for hydroxylation is 1. The van der Waals surface area contributed by atoms with Gasteiger partial charge < -0.3 is 9.26 Å².